The van der Waals surface area contributed by atoms with E-state index in [-0.39, 0.29) is 30.3 Å². The molecule has 2 aromatic rings. The molecular formula is C19H22N4O4S. The third kappa shape index (κ3) is 3.71. The smallest absolute Gasteiger partial charge is 0.264 e. The Morgan fingerprint density at radius 1 is 1.18 bits per heavy atom. The highest BCUT2D eigenvalue weighted by atomic mass is 32.2. The maximum Gasteiger partial charge on any atom is 0.264 e. The van der Waals surface area contributed by atoms with Gasteiger partial charge < -0.3 is 4.90 Å². The van der Waals surface area contributed by atoms with Gasteiger partial charge >= 0.3 is 0 Å². The lowest BCUT2D eigenvalue weighted by Gasteiger charge is -2.23. The molecule has 0 saturated carbocycles. The van der Waals surface area contributed by atoms with Gasteiger partial charge in [0.15, 0.2) is 0 Å². The summed E-state index contributed by atoms with van der Waals surface area (Å²) in [4.78, 5) is 25.5. The van der Waals surface area contributed by atoms with Crippen LogP contribution in [-0.2, 0) is 19.6 Å². The van der Waals surface area contributed by atoms with Crippen molar-refractivity contribution in [1.29, 1.82) is 0 Å². The number of benzene rings is 2. The standard InChI is InChI=1S/C19H22N4O4S/c1-2-23(16-6-4-3-5-7-16)28(26,27)17-10-8-15(9-11-17)22-13-14(12-18(22)24)19(25)21-20/h3-11,14H,2,12-13,20H2,1H3,(H,21,25). The molecule has 148 valence electrons. The van der Waals surface area contributed by atoms with Crippen LogP contribution in [0.1, 0.15) is 13.3 Å². The maximum atomic E-state index is 13.0. The zero-order valence-corrected chi connectivity index (χ0v) is 16.2. The number of hydrazine groups is 1. The SMILES string of the molecule is CCN(c1ccccc1)S(=O)(=O)c1ccc(N2CC(C(=O)NN)CC2=O)cc1. The normalized spacial score (nSPS) is 16.9. The largest absolute Gasteiger partial charge is 0.312 e. The number of para-hydroxylation sites is 1. The predicted octanol–water partition coefficient (Wildman–Crippen LogP) is 1.24. The van der Waals surface area contributed by atoms with Gasteiger partial charge in [-0.2, -0.15) is 0 Å². The van der Waals surface area contributed by atoms with Crippen molar-refractivity contribution < 1.29 is 18.0 Å². The first-order valence-corrected chi connectivity index (χ1v) is 10.3. The highest BCUT2D eigenvalue weighted by Crippen LogP contribution is 2.28. The topological polar surface area (TPSA) is 113 Å². The quantitative estimate of drug-likeness (QED) is 0.429. The molecule has 3 N–H and O–H groups in total. The van der Waals surface area contributed by atoms with Crippen LogP contribution in [0.25, 0.3) is 0 Å². The number of anilines is 2. The molecule has 28 heavy (non-hydrogen) atoms. The van der Waals surface area contributed by atoms with Crippen molar-refractivity contribution in [3.63, 3.8) is 0 Å². The summed E-state index contributed by atoms with van der Waals surface area (Å²) < 4.78 is 27.4. The Balaban J connectivity index is 1.84. The molecule has 9 heteroatoms. The fourth-order valence-electron chi connectivity index (χ4n) is 3.26. The van der Waals surface area contributed by atoms with E-state index in [1.54, 1.807) is 43.3 Å². The van der Waals surface area contributed by atoms with Crippen LogP contribution >= 0.6 is 0 Å². The van der Waals surface area contributed by atoms with Crippen molar-refractivity contribution in [3.05, 3.63) is 54.6 Å². The van der Waals surface area contributed by atoms with Gasteiger partial charge in [0.25, 0.3) is 10.0 Å². The summed E-state index contributed by atoms with van der Waals surface area (Å²) in [5.41, 5.74) is 3.18. The van der Waals surface area contributed by atoms with E-state index in [4.69, 9.17) is 5.84 Å². The average molecular weight is 402 g/mol. The van der Waals surface area contributed by atoms with Crippen LogP contribution in [-0.4, -0.2) is 33.3 Å². The number of sulfonamides is 1. The van der Waals surface area contributed by atoms with E-state index in [0.29, 0.717) is 11.4 Å². The second kappa shape index (κ2) is 7.99. The Kier molecular flexibility index (Phi) is 5.66. The van der Waals surface area contributed by atoms with Crippen molar-refractivity contribution in [2.24, 2.45) is 11.8 Å². The molecule has 1 atom stereocenters. The first-order chi connectivity index (χ1) is 13.4. The van der Waals surface area contributed by atoms with Crippen molar-refractivity contribution in [3.8, 4) is 0 Å². The number of amides is 2. The number of rotatable bonds is 6. The minimum atomic E-state index is -3.74. The van der Waals surface area contributed by atoms with E-state index in [2.05, 4.69) is 5.43 Å². The Hall–Kier alpha value is -2.91. The predicted molar refractivity (Wildman–Crippen MR) is 106 cm³/mol. The molecule has 0 spiro atoms. The van der Waals surface area contributed by atoms with E-state index in [1.165, 1.54) is 21.3 Å². The number of hydrogen-bond acceptors (Lipinski definition) is 5. The van der Waals surface area contributed by atoms with Gasteiger partial charge in [-0.3, -0.25) is 19.3 Å². The van der Waals surface area contributed by atoms with Gasteiger partial charge in [-0.15, -0.1) is 0 Å². The summed E-state index contributed by atoms with van der Waals surface area (Å²) in [6.07, 6.45) is 0.0701. The lowest BCUT2D eigenvalue weighted by atomic mass is 10.1. The highest BCUT2D eigenvalue weighted by Gasteiger charge is 2.35. The van der Waals surface area contributed by atoms with Crippen molar-refractivity contribution in [1.82, 2.24) is 5.43 Å². The van der Waals surface area contributed by atoms with Crippen LogP contribution in [0.3, 0.4) is 0 Å². The summed E-state index contributed by atoms with van der Waals surface area (Å²) in [6.45, 7) is 2.26. The first-order valence-electron chi connectivity index (χ1n) is 8.87. The van der Waals surface area contributed by atoms with E-state index in [1.807, 2.05) is 6.07 Å². The fourth-order valence-corrected chi connectivity index (χ4v) is 4.74. The molecule has 1 aliphatic rings. The minimum absolute atomic E-state index is 0.0701. The van der Waals surface area contributed by atoms with Crippen molar-refractivity contribution >= 4 is 33.2 Å². The monoisotopic (exact) mass is 402 g/mol. The third-order valence-electron chi connectivity index (χ3n) is 4.71. The second-order valence-electron chi connectivity index (χ2n) is 6.41. The number of carbonyl (C=O) groups is 2. The zero-order chi connectivity index (χ0) is 20.3. The molecule has 1 heterocycles. The summed E-state index contributed by atoms with van der Waals surface area (Å²) in [5, 5.41) is 0. The minimum Gasteiger partial charge on any atom is -0.312 e. The number of carbonyl (C=O) groups excluding carboxylic acids is 2. The van der Waals surface area contributed by atoms with Crippen molar-refractivity contribution in [2.75, 3.05) is 22.3 Å². The van der Waals surface area contributed by atoms with E-state index in [9.17, 15) is 18.0 Å². The zero-order valence-electron chi connectivity index (χ0n) is 15.4. The van der Waals surface area contributed by atoms with Crippen LogP contribution in [0.4, 0.5) is 11.4 Å². The Morgan fingerprint density at radius 2 is 1.82 bits per heavy atom. The van der Waals surface area contributed by atoms with E-state index in [0.717, 1.165) is 0 Å². The van der Waals surface area contributed by atoms with Gasteiger partial charge in [0.05, 0.1) is 16.5 Å². The Morgan fingerprint density at radius 3 is 2.39 bits per heavy atom. The van der Waals surface area contributed by atoms with Gasteiger partial charge in [0.2, 0.25) is 11.8 Å². The fraction of sp³-hybridized carbons (Fsp3) is 0.263. The van der Waals surface area contributed by atoms with Crippen LogP contribution < -0.4 is 20.5 Å². The molecule has 0 bridgehead atoms. The molecule has 8 nitrogen and oxygen atoms in total. The third-order valence-corrected chi connectivity index (χ3v) is 6.62. The van der Waals surface area contributed by atoms with Gasteiger partial charge in [0, 0.05) is 25.2 Å². The van der Waals surface area contributed by atoms with Crippen LogP contribution in [0.2, 0.25) is 0 Å². The molecule has 2 aromatic carbocycles. The van der Waals surface area contributed by atoms with E-state index >= 15 is 0 Å². The van der Waals surface area contributed by atoms with Gasteiger partial charge in [0.1, 0.15) is 0 Å². The second-order valence-corrected chi connectivity index (χ2v) is 8.28. The molecule has 0 aromatic heterocycles. The van der Waals surface area contributed by atoms with E-state index < -0.39 is 21.8 Å². The molecule has 1 unspecified atom stereocenters. The number of nitrogens with zero attached hydrogens (tertiary/aromatic N) is 2. The summed E-state index contributed by atoms with van der Waals surface area (Å²) in [7, 11) is -3.74. The molecule has 0 radical (unpaired) electrons. The molecule has 3 rings (SSSR count). The lowest BCUT2D eigenvalue weighted by Crippen LogP contribution is -2.37. The molecular weight excluding hydrogens is 380 g/mol. The van der Waals surface area contributed by atoms with Crippen LogP contribution in [0.15, 0.2) is 59.5 Å². The first kappa shape index (κ1) is 19.8. The number of nitrogens with two attached hydrogens (primary N) is 1. The van der Waals surface area contributed by atoms with Gasteiger partial charge in [-0.05, 0) is 43.3 Å². The average Bonchev–Trinajstić information content (AvgIpc) is 3.10. The maximum absolute atomic E-state index is 13.0. The summed E-state index contributed by atoms with van der Waals surface area (Å²) >= 11 is 0. The van der Waals surface area contributed by atoms with Crippen LogP contribution in [0.5, 0.6) is 0 Å². The van der Waals surface area contributed by atoms with Gasteiger partial charge in [-0.25, -0.2) is 14.3 Å². The Bertz CT molecular complexity index is 961. The molecule has 1 saturated heterocycles. The summed E-state index contributed by atoms with van der Waals surface area (Å²) in [5.74, 6) is 4.02. The number of nitrogens with one attached hydrogen (secondary N) is 1. The van der Waals surface area contributed by atoms with Crippen molar-refractivity contribution in [2.45, 2.75) is 18.2 Å². The molecule has 2 amide bonds. The van der Waals surface area contributed by atoms with Crippen LogP contribution in [0, 0.1) is 5.92 Å². The molecule has 1 aliphatic heterocycles. The Labute approximate surface area is 164 Å². The summed E-state index contributed by atoms with van der Waals surface area (Å²) in [6, 6.07) is 15.0. The van der Waals surface area contributed by atoms with Gasteiger partial charge in [-0.1, -0.05) is 18.2 Å². The number of hydrogen-bond donors (Lipinski definition) is 2. The highest BCUT2D eigenvalue weighted by molar-refractivity contribution is 7.92. The molecule has 1 fully saturated rings. The molecule has 0 aliphatic carbocycles. The lowest BCUT2D eigenvalue weighted by molar-refractivity contribution is -0.126.